The third kappa shape index (κ3) is 69.8. The molecule has 2 atom stereocenters. The molecule has 0 radical (unpaired) electrons. The van der Waals surface area contributed by atoms with Crippen molar-refractivity contribution in [2.75, 3.05) is 47.5 Å². The van der Waals surface area contributed by atoms with Crippen LogP contribution in [-0.4, -0.2) is 87.4 Å². The van der Waals surface area contributed by atoms with E-state index in [1.54, 1.807) is 0 Å². The number of carboxylic acid groups (broad SMARTS) is 1. The van der Waals surface area contributed by atoms with E-state index in [0.717, 1.165) is 38.5 Å². The van der Waals surface area contributed by atoms with Gasteiger partial charge in [-0.25, -0.2) is 4.79 Å². The Morgan fingerprint density at radius 3 is 0.744 bits per heavy atom. The van der Waals surface area contributed by atoms with E-state index in [4.69, 9.17) is 18.9 Å². The molecule has 0 fully saturated rings. The second kappa shape index (κ2) is 69.2. The number of carbonyl (C=O) groups is 3. The van der Waals surface area contributed by atoms with Gasteiger partial charge in [0.15, 0.2) is 6.10 Å². The number of ether oxygens (including phenoxy) is 4. The number of hydrogen-bond acceptors (Lipinski definition) is 7. The third-order valence-electron chi connectivity index (χ3n) is 18.1. The molecule has 0 bridgehead atoms. The fourth-order valence-corrected chi connectivity index (χ4v) is 12.2. The van der Waals surface area contributed by atoms with Gasteiger partial charge in [-0.15, -0.1) is 0 Å². The van der Waals surface area contributed by atoms with E-state index in [1.165, 1.54) is 353 Å². The van der Waals surface area contributed by atoms with Crippen LogP contribution in [0.5, 0.6) is 0 Å². The van der Waals surface area contributed by atoms with Crippen molar-refractivity contribution in [2.24, 2.45) is 0 Å². The van der Waals surface area contributed by atoms with E-state index in [-0.39, 0.29) is 38.2 Å². The van der Waals surface area contributed by atoms with Crippen LogP contribution in [0.3, 0.4) is 0 Å². The Balaban J connectivity index is 3.97. The number of hydrogen-bond donors (Lipinski definition) is 1. The van der Waals surface area contributed by atoms with Crippen molar-refractivity contribution in [3.8, 4) is 0 Å². The molecule has 2 unspecified atom stereocenters. The highest BCUT2D eigenvalue weighted by Gasteiger charge is 2.25. The van der Waals surface area contributed by atoms with Gasteiger partial charge in [0, 0.05) is 12.8 Å². The third-order valence-corrected chi connectivity index (χ3v) is 18.1. The van der Waals surface area contributed by atoms with Gasteiger partial charge in [0.05, 0.1) is 34.4 Å². The van der Waals surface area contributed by atoms with Gasteiger partial charge in [-0.3, -0.25) is 9.59 Å². The topological polar surface area (TPSA) is 108 Å². The Morgan fingerprint density at radius 1 is 0.302 bits per heavy atom. The molecule has 0 aromatic heterocycles. The van der Waals surface area contributed by atoms with Crippen molar-refractivity contribution in [2.45, 2.75) is 431 Å². The van der Waals surface area contributed by atoms with Crippen molar-refractivity contribution >= 4 is 17.9 Å². The summed E-state index contributed by atoms with van der Waals surface area (Å²) >= 11 is 0. The van der Waals surface area contributed by atoms with E-state index in [1.807, 2.05) is 21.1 Å². The smallest absolute Gasteiger partial charge is 0.361 e. The lowest BCUT2D eigenvalue weighted by Crippen LogP contribution is -2.40. The fraction of sp³-hybridized carbons (Fsp3) is 0.961. The number of nitrogens with zero attached hydrogens (tertiary/aromatic N) is 1. The van der Waals surface area contributed by atoms with Crippen molar-refractivity contribution in [3.63, 3.8) is 0 Å². The summed E-state index contributed by atoms with van der Waals surface area (Å²) in [6.07, 6.45) is 81.1. The molecule has 0 spiro atoms. The summed E-state index contributed by atoms with van der Waals surface area (Å²) in [5, 5.41) is 9.76. The van der Waals surface area contributed by atoms with Crippen LogP contribution in [0.15, 0.2) is 0 Å². The van der Waals surface area contributed by atoms with Crippen molar-refractivity contribution in [1.29, 1.82) is 0 Å². The van der Waals surface area contributed by atoms with Gasteiger partial charge in [-0.05, 0) is 12.8 Å². The quantitative estimate of drug-likeness (QED) is 0.0278. The molecule has 0 rings (SSSR count). The van der Waals surface area contributed by atoms with Crippen LogP contribution < -0.4 is 0 Å². The average Bonchev–Trinajstić information content (AvgIpc) is 3.64. The summed E-state index contributed by atoms with van der Waals surface area (Å²) in [6.45, 7) is 4.98. The summed E-state index contributed by atoms with van der Waals surface area (Å²) in [4.78, 5) is 37.7. The molecule has 9 heteroatoms. The highest BCUT2D eigenvalue weighted by Crippen LogP contribution is 2.20. The maximum Gasteiger partial charge on any atom is 0.361 e. The second-order valence-electron chi connectivity index (χ2n) is 28.0. The second-order valence-corrected chi connectivity index (χ2v) is 28.0. The number of rotatable bonds is 74. The standard InChI is InChI=1S/C77H151NO8/c1-6-8-10-12-14-16-18-20-22-24-26-28-30-32-34-36-37-38-39-40-42-44-46-48-50-52-54-56-58-60-62-64-66-68-75(80)86-73(72-85-77(76(81)82)83-70-69-78(3,4)5)71-84-74(79)67-65-63-61-59-57-55-53-51-49-47-45-43-41-35-33-31-29-27-25-23-21-19-17-15-13-11-9-7-2/h73,77H,6-72H2,1-5H3/p+1. The number of aliphatic carboxylic acids is 1. The number of esters is 2. The zero-order valence-corrected chi connectivity index (χ0v) is 58.8. The first-order valence-corrected chi connectivity index (χ1v) is 38.7. The Kier molecular flexibility index (Phi) is 67.8. The number of carboxylic acids is 1. The minimum atomic E-state index is -1.50. The molecular formula is C77H152NO8+. The van der Waals surface area contributed by atoms with Crippen molar-refractivity contribution < 1.29 is 42.9 Å². The summed E-state index contributed by atoms with van der Waals surface area (Å²) in [5.41, 5.74) is 0. The van der Waals surface area contributed by atoms with Gasteiger partial charge in [0.2, 0.25) is 0 Å². The van der Waals surface area contributed by atoms with E-state index < -0.39 is 18.4 Å². The molecule has 0 aromatic carbocycles. The van der Waals surface area contributed by atoms with Crippen LogP contribution in [0.25, 0.3) is 0 Å². The Hall–Kier alpha value is -1.71. The van der Waals surface area contributed by atoms with Crippen LogP contribution >= 0.6 is 0 Å². The van der Waals surface area contributed by atoms with Gasteiger partial charge in [0.25, 0.3) is 6.29 Å². The number of quaternary nitrogens is 1. The maximum atomic E-state index is 13.0. The van der Waals surface area contributed by atoms with Gasteiger partial charge >= 0.3 is 17.9 Å². The van der Waals surface area contributed by atoms with E-state index in [9.17, 15) is 19.5 Å². The van der Waals surface area contributed by atoms with E-state index in [0.29, 0.717) is 17.4 Å². The molecule has 86 heavy (non-hydrogen) atoms. The minimum Gasteiger partial charge on any atom is -0.477 e. The molecule has 0 heterocycles. The normalized spacial score (nSPS) is 12.5. The lowest BCUT2D eigenvalue weighted by Gasteiger charge is -2.25. The first-order valence-electron chi connectivity index (χ1n) is 38.7. The number of likely N-dealkylation sites (N-methyl/N-ethyl adjacent to an activating group) is 1. The molecule has 0 aliphatic heterocycles. The number of carbonyl (C=O) groups excluding carboxylic acids is 2. The van der Waals surface area contributed by atoms with E-state index >= 15 is 0 Å². The van der Waals surface area contributed by atoms with Crippen LogP contribution in [0.2, 0.25) is 0 Å². The summed E-state index contributed by atoms with van der Waals surface area (Å²) < 4.78 is 23.1. The van der Waals surface area contributed by atoms with Gasteiger partial charge < -0.3 is 28.5 Å². The molecular weight excluding hydrogens is 1070 g/mol. The van der Waals surface area contributed by atoms with Crippen LogP contribution in [0.4, 0.5) is 0 Å². The highest BCUT2D eigenvalue weighted by molar-refractivity contribution is 5.71. The van der Waals surface area contributed by atoms with Crippen LogP contribution in [-0.2, 0) is 33.3 Å². The van der Waals surface area contributed by atoms with Crippen molar-refractivity contribution in [3.05, 3.63) is 0 Å². The molecule has 512 valence electrons. The molecule has 9 nitrogen and oxygen atoms in total. The van der Waals surface area contributed by atoms with Crippen LogP contribution in [0.1, 0.15) is 418 Å². The first kappa shape index (κ1) is 84.3. The average molecular weight is 1220 g/mol. The molecule has 0 saturated heterocycles. The highest BCUT2D eigenvalue weighted by atomic mass is 16.7. The monoisotopic (exact) mass is 1220 g/mol. The fourth-order valence-electron chi connectivity index (χ4n) is 12.2. The summed E-state index contributed by atoms with van der Waals surface area (Å²) in [5.74, 6) is -1.96. The molecule has 0 saturated carbocycles. The Labute approximate surface area is 536 Å². The minimum absolute atomic E-state index is 0.172. The Bertz CT molecular complexity index is 1370. The zero-order chi connectivity index (χ0) is 62.6. The largest absolute Gasteiger partial charge is 0.477 e. The molecule has 0 aromatic rings. The lowest BCUT2D eigenvalue weighted by molar-refractivity contribution is -0.870. The van der Waals surface area contributed by atoms with Gasteiger partial charge in [-0.2, -0.15) is 0 Å². The van der Waals surface area contributed by atoms with Gasteiger partial charge in [-0.1, -0.05) is 393 Å². The maximum absolute atomic E-state index is 13.0. The molecule has 0 amide bonds. The molecule has 0 aliphatic carbocycles. The summed E-state index contributed by atoms with van der Waals surface area (Å²) in [6, 6.07) is 0. The lowest BCUT2D eigenvalue weighted by atomic mass is 10.0. The van der Waals surface area contributed by atoms with Crippen molar-refractivity contribution in [1.82, 2.24) is 0 Å². The number of unbranched alkanes of at least 4 members (excludes halogenated alkanes) is 59. The van der Waals surface area contributed by atoms with Crippen LogP contribution in [0, 0.1) is 0 Å². The zero-order valence-electron chi connectivity index (χ0n) is 58.8. The predicted octanol–water partition coefficient (Wildman–Crippen LogP) is 24.2. The first-order chi connectivity index (χ1) is 42.1. The Morgan fingerprint density at radius 2 is 0.523 bits per heavy atom. The summed E-state index contributed by atoms with van der Waals surface area (Å²) in [7, 11) is 6.00. The molecule has 0 aliphatic rings. The predicted molar refractivity (Wildman–Crippen MR) is 369 cm³/mol. The van der Waals surface area contributed by atoms with E-state index in [2.05, 4.69) is 13.8 Å². The van der Waals surface area contributed by atoms with Gasteiger partial charge in [0.1, 0.15) is 13.2 Å². The molecule has 1 N–H and O–H groups in total. The SMILES string of the molecule is CCCCCCCCCCCCCCCCCCCCCCCCCCCCCCCCCCCC(=O)OC(COC(=O)CCCCCCCCCCCCCCCCCCCCCCCCCCCCCC)COC(OCC[N+](C)(C)C)C(=O)O.